The molecule has 0 N–H and O–H groups in total. The van der Waals surface area contributed by atoms with Gasteiger partial charge in [-0.2, -0.15) is 4.99 Å². The van der Waals surface area contributed by atoms with Crippen molar-refractivity contribution in [3.63, 3.8) is 0 Å². The highest BCUT2D eigenvalue weighted by Crippen LogP contribution is 2.30. The van der Waals surface area contributed by atoms with Gasteiger partial charge in [0.1, 0.15) is 5.71 Å². The van der Waals surface area contributed by atoms with Gasteiger partial charge in [-0.1, -0.05) is 48.5 Å². The van der Waals surface area contributed by atoms with Crippen LogP contribution in [0.15, 0.2) is 59.6 Å². The molecule has 1 heterocycles. The second kappa shape index (κ2) is 6.44. The number of ether oxygens (including phenoxy) is 1. The number of para-hydroxylation sites is 1. The lowest BCUT2D eigenvalue weighted by Crippen LogP contribution is -2.30. The fraction of sp³-hybridized carbons (Fsp3) is 0.167. The van der Waals surface area contributed by atoms with Crippen LogP contribution in [0.4, 0.5) is 10.5 Å². The van der Waals surface area contributed by atoms with Crippen molar-refractivity contribution in [2.45, 2.75) is 13.5 Å². The number of carbonyl (C=O) groups excluding carboxylic acids is 2. The average Bonchev–Trinajstić information content (AvgIpc) is 2.82. The van der Waals surface area contributed by atoms with Crippen molar-refractivity contribution in [3.05, 3.63) is 65.7 Å². The highest BCUT2D eigenvalue weighted by molar-refractivity contribution is 6.55. The number of nitrogens with zero attached hydrogens (tertiary/aromatic N) is 2. The van der Waals surface area contributed by atoms with Gasteiger partial charge in [0.2, 0.25) is 0 Å². The molecule has 0 unspecified atom stereocenters. The molecule has 2 amide bonds. The molecule has 0 aliphatic carbocycles. The predicted molar refractivity (Wildman–Crippen MR) is 87.6 cm³/mol. The normalized spacial score (nSPS) is 14.9. The van der Waals surface area contributed by atoms with Crippen molar-refractivity contribution in [1.82, 2.24) is 0 Å². The van der Waals surface area contributed by atoms with Crippen molar-refractivity contribution in [2.75, 3.05) is 11.5 Å². The molecule has 116 valence electrons. The maximum absolute atomic E-state index is 12.7. The molecule has 0 saturated heterocycles. The first-order valence-corrected chi connectivity index (χ1v) is 7.41. The minimum atomic E-state index is -0.743. The monoisotopic (exact) mass is 308 g/mol. The smallest absolute Gasteiger partial charge is 0.434 e. The number of hydrogen-bond donors (Lipinski definition) is 0. The summed E-state index contributed by atoms with van der Waals surface area (Å²) in [5, 5.41) is 0. The molecule has 0 spiro atoms. The number of hydrogen-bond acceptors (Lipinski definition) is 3. The number of aliphatic imine (C=N–C) groups is 1. The Balaban J connectivity index is 1.97. The van der Waals surface area contributed by atoms with Gasteiger partial charge < -0.3 is 9.64 Å². The van der Waals surface area contributed by atoms with E-state index in [1.165, 1.54) is 0 Å². The molecule has 1 aliphatic heterocycles. The molecule has 23 heavy (non-hydrogen) atoms. The molecule has 2 aromatic carbocycles. The van der Waals surface area contributed by atoms with Crippen LogP contribution in [0, 0.1) is 0 Å². The number of anilines is 1. The van der Waals surface area contributed by atoms with Gasteiger partial charge in [0.25, 0.3) is 5.91 Å². The molecule has 0 fully saturated rings. The third-order valence-corrected chi connectivity index (χ3v) is 3.55. The summed E-state index contributed by atoms with van der Waals surface area (Å²) in [6.07, 6.45) is -0.743. The Hall–Kier alpha value is -2.95. The standard InChI is InChI=1S/C18H16N2O3/c1-2-23-18(22)19-16-14-10-6-7-11-15(14)20(17(16)21)12-13-8-4-3-5-9-13/h3-11H,2,12H2,1H3/b19-16+. The van der Waals surface area contributed by atoms with E-state index < -0.39 is 6.09 Å². The molecule has 5 nitrogen and oxygen atoms in total. The van der Waals surface area contributed by atoms with Crippen LogP contribution in [0.1, 0.15) is 18.1 Å². The number of amides is 2. The second-order valence-corrected chi connectivity index (χ2v) is 5.05. The van der Waals surface area contributed by atoms with Crippen LogP contribution in [0.2, 0.25) is 0 Å². The van der Waals surface area contributed by atoms with E-state index in [0.717, 1.165) is 11.3 Å². The van der Waals surface area contributed by atoms with Gasteiger partial charge >= 0.3 is 6.09 Å². The third kappa shape index (κ3) is 2.99. The highest BCUT2D eigenvalue weighted by atomic mass is 16.5. The lowest BCUT2D eigenvalue weighted by molar-refractivity contribution is -0.112. The van der Waals surface area contributed by atoms with Crippen LogP contribution in [0.25, 0.3) is 0 Å². The molecule has 1 aliphatic rings. The number of carbonyl (C=O) groups is 2. The summed E-state index contributed by atoms with van der Waals surface area (Å²) < 4.78 is 4.82. The van der Waals surface area contributed by atoms with E-state index in [1.807, 2.05) is 48.5 Å². The van der Waals surface area contributed by atoms with Crippen molar-refractivity contribution in [3.8, 4) is 0 Å². The maximum atomic E-state index is 12.7. The van der Waals surface area contributed by atoms with Crippen LogP contribution in [0.5, 0.6) is 0 Å². The van der Waals surface area contributed by atoms with Crippen LogP contribution in [0.3, 0.4) is 0 Å². The quantitative estimate of drug-likeness (QED) is 0.875. The number of rotatable bonds is 3. The van der Waals surface area contributed by atoms with E-state index in [0.29, 0.717) is 12.1 Å². The van der Waals surface area contributed by atoms with E-state index in [-0.39, 0.29) is 18.2 Å². The third-order valence-electron chi connectivity index (χ3n) is 3.55. The van der Waals surface area contributed by atoms with E-state index in [2.05, 4.69) is 4.99 Å². The molecule has 2 aromatic rings. The summed E-state index contributed by atoms with van der Waals surface area (Å²) >= 11 is 0. The van der Waals surface area contributed by atoms with Crippen LogP contribution >= 0.6 is 0 Å². The summed E-state index contributed by atoms with van der Waals surface area (Å²) in [6.45, 7) is 2.35. The first kappa shape index (κ1) is 15.0. The van der Waals surface area contributed by atoms with Crippen molar-refractivity contribution in [1.29, 1.82) is 0 Å². The van der Waals surface area contributed by atoms with Crippen LogP contribution < -0.4 is 4.90 Å². The number of benzene rings is 2. The summed E-state index contributed by atoms with van der Waals surface area (Å²) in [5.41, 5.74) is 2.55. The predicted octanol–water partition coefficient (Wildman–Crippen LogP) is 3.18. The molecule has 3 rings (SSSR count). The van der Waals surface area contributed by atoms with Gasteiger partial charge in [-0.25, -0.2) is 4.79 Å². The zero-order valence-corrected chi connectivity index (χ0v) is 12.7. The minimum absolute atomic E-state index is 0.134. The van der Waals surface area contributed by atoms with Gasteiger partial charge in [-0.15, -0.1) is 0 Å². The molecule has 0 bridgehead atoms. The maximum Gasteiger partial charge on any atom is 0.434 e. The SMILES string of the molecule is CCOC(=O)/N=C1/C(=O)N(Cc2ccccc2)c2ccccc21. The molecule has 0 atom stereocenters. The van der Waals surface area contributed by atoms with E-state index >= 15 is 0 Å². The molecule has 5 heteroatoms. The fourth-order valence-corrected chi connectivity index (χ4v) is 2.54. The largest absolute Gasteiger partial charge is 0.448 e. The first-order chi connectivity index (χ1) is 11.2. The Morgan fingerprint density at radius 3 is 2.52 bits per heavy atom. The van der Waals surface area contributed by atoms with Crippen molar-refractivity contribution in [2.24, 2.45) is 4.99 Å². The summed E-state index contributed by atoms with van der Waals surface area (Å²) in [7, 11) is 0. The van der Waals surface area contributed by atoms with Crippen molar-refractivity contribution < 1.29 is 14.3 Å². The first-order valence-electron chi connectivity index (χ1n) is 7.41. The Morgan fingerprint density at radius 1 is 1.09 bits per heavy atom. The average molecular weight is 308 g/mol. The molecule has 0 aromatic heterocycles. The van der Waals surface area contributed by atoms with E-state index in [4.69, 9.17) is 4.74 Å². The summed E-state index contributed by atoms with van der Waals surface area (Å²) in [5.74, 6) is -0.289. The second-order valence-electron chi connectivity index (χ2n) is 5.05. The van der Waals surface area contributed by atoms with Crippen LogP contribution in [-0.2, 0) is 16.1 Å². The summed E-state index contributed by atoms with van der Waals surface area (Å²) in [6, 6.07) is 17.0. The van der Waals surface area contributed by atoms with E-state index in [1.54, 1.807) is 17.9 Å². The molecule has 0 radical (unpaired) electrons. The Morgan fingerprint density at radius 2 is 1.78 bits per heavy atom. The zero-order chi connectivity index (χ0) is 16.2. The van der Waals surface area contributed by atoms with Crippen molar-refractivity contribution >= 4 is 23.4 Å². The zero-order valence-electron chi connectivity index (χ0n) is 12.7. The molecular weight excluding hydrogens is 292 g/mol. The number of fused-ring (bicyclic) bond motifs is 1. The Labute approximate surface area is 134 Å². The van der Waals surface area contributed by atoms with Gasteiger partial charge in [0, 0.05) is 5.56 Å². The van der Waals surface area contributed by atoms with Gasteiger partial charge in [0.15, 0.2) is 0 Å². The molecule has 0 saturated carbocycles. The minimum Gasteiger partial charge on any atom is -0.448 e. The van der Waals surface area contributed by atoms with Gasteiger partial charge in [0.05, 0.1) is 18.8 Å². The van der Waals surface area contributed by atoms with Gasteiger partial charge in [-0.3, -0.25) is 4.79 Å². The van der Waals surface area contributed by atoms with E-state index in [9.17, 15) is 9.59 Å². The van der Waals surface area contributed by atoms with Crippen LogP contribution in [-0.4, -0.2) is 24.3 Å². The lowest BCUT2D eigenvalue weighted by Gasteiger charge is -2.16. The Kier molecular flexibility index (Phi) is 4.19. The fourth-order valence-electron chi connectivity index (χ4n) is 2.54. The Bertz CT molecular complexity index is 769. The molecular formula is C18H16N2O3. The lowest BCUT2D eigenvalue weighted by atomic mass is 10.1. The topological polar surface area (TPSA) is 59.0 Å². The highest BCUT2D eigenvalue weighted by Gasteiger charge is 2.34. The van der Waals surface area contributed by atoms with Gasteiger partial charge in [-0.05, 0) is 18.6 Å². The summed E-state index contributed by atoms with van der Waals surface area (Å²) in [4.78, 5) is 29.8.